The summed E-state index contributed by atoms with van der Waals surface area (Å²) in [5.41, 5.74) is 18.8. The minimum Gasteiger partial charge on any atom is -0.309 e. The van der Waals surface area contributed by atoms with Crippen LogP contribution in [0.2, 0.25) is 0 Å². The summed E-state index contributed by atoms with van der Waals surface area (Å²) in [5.74, 6) is 1.23. The first-order chi connectivity index (χ1) is 55.2. The Balaban J connectivity index is 0.835. The Bertz CT molecular complexity index is 7270. The second kappa shape index (κ2) is 24.3. The van der Waals surface area contributed by atoms with E-state index in [1.54, 1.807) is 6.07 Å². The Labute approximate surface area is 637 Å². The topological polar surface area (TPSA) is 68.2 Å². The number of aromatic nitrogens is 9. The van der Waals surface area contributed by atoms with Crippen molar-refractivity contribution < 1.29 is 13.2 Å². The molecule has 0 saturated heterocycles. The van der Waals surface area contributed by atoms with Crippen molar-refractivity contribution in [2.45, 2.75) is 6.18 Å². The van der Waals surface area contributed by atoms with Gasteiger partial charge in [-0.2, -0.15) is 13.2 Å². The van der Waals surface area contributed by atoms with Gasteiger partial charge in [-0.1, -0.05) is 206 Å². The molecule has 112 heavy (non-hydrogen) atoms. The second-order valence-electron chi connectivity index (χ2n) is 29.0. The number of hydrogen-bond donors (Lipinski definition) is 0. The molecule has 0 spiro atoms. The smallest absolute Gasteiger partial charge is 0.309 e. The summed E-state index contributed by atoms with van der Waals surface area (Å²) in [4.78, 5) is 15.7. The maximum absolute atomic E-state index is 16.5. The number of nitrogens with zero attached hydrogens (tertiary/aromatic N) is 9. The molecule has 0 saturated carbocycles. The number of fused-ring (bicyclic) bond motifs is 18. The zero-order valence-corrected chi connectivity index (χ0v) is 59.8. The Morgan fingerprint density at radius 1 is 0.188 bits per heavy atom. The van der Waals surface area contributed by atoms with Crippen molar-refractivity contribution in [2.75, 3.05) is 0 Å². The summed E-state index contributed by atoms with van der Waals surface area (Å²) in [6.07, 6.45) is -4.77. The van der Waals surface area contributed by atoms with Crippen molar-refractivity contribution in [2.24, 2.45) is 0 Å². The molecule has 0 aliphatic carbocycles. The van der Waals surface area contributed by atoms with E-state index in [2.05, 4.69) is 294 Å². The Hall–Kier alpha value is -14.9. The molecular formula is C100H60F3N9. The van der Waals surface area contributed by atoms with E-state index in [0.717, 1.165) is 165 Å². The highest BCUT2D eigenvalue weighted by Gasteiger charge is 2.34. The van der Waals surface area contributed by atoms with Gasteiger partial charge in [0.05, 0.1) is 83.1 Å². The van der Waals surface area contributed by atoms with Gasteiger partial charge < -0.3 is 27.4 Å². The fourth-order valence-corrected chi connectivity index (χ4v) is 18.0. The van der Waals surface area contributed by atoms with Gasteiger partial charge in [0.15, 0.2) is 17.5 Å². The highest BCUT2D eigenvalue weighted by atomic mass is 19.4. The number of halogens is 3. The maximum atomic E-state index is 16.5. The van der Waals surface area contributed by atoms with E-state index in [1.807, 2.05) is 78.9 Å². The summed E-state index contributed by atoms with van der Waals surface area (Å²) >= 11 is 0. The van der Waals surface area contributed by atoms with Crippen molar-refractivity contribution in [3.05, 3.63) is 370 Å². The predicted octanol–water partition coefficient (Wildman–Crippen LogP) is 26.1. The first kappa shape index (κ1) is 63.2. The van der Waals surface area contributed by atoms with Gasteiger partial charge >= 0.3 is 6.18 Å². The molecule has 12 heteroatoms. The molecule has 0 aliphatic heterocycles. The highest BCUT2D eigenvalue weighted by molar-refractivity contribution is 6.17. The normalized spacial score (nSPS) is 12.2. The maximum Gasteiger partial charge on any atom is 0.416 e. The Morgan fingerprint density at radius 2 is 0.429 bits per heavy atom. The van der Waals surface area contributed by atoms with Crippen LogP contribution < -0.4 is 0 Å². The van der Waals surface area contributed by atoms with Gasteiger partial charge in [-0.15, -0.1) is 0 Å². The molecule has 0 radical (unpaired) electrons. The van der Waals surface area contributed by atoms with Crippen LogP contribution in [0.4, 0.5) is 13.2 Å². The average Bonchev–Trinajstić information content (AvgIpc) is 1.54. The molecule has 7 heterocycles. The van der Waals surface area contributed by atoms with Crippen molar-refractivity contribution in [1.29, 1.82) is 0 Å². The van der Waals surface area contributed by atoms with Crippen LogP contribution in [0.3, 0.4) is 0 Å². The zero-order valence-electron chi connectivity index (χ0n) is 59.8. The molecule has 0 aliphatic rings. The summed E-state index contributed by atoms with van der Waals surface area (Å²) < 4.78 is 63.1. The van der Waals surface area contributed by atoms with E-state index >= 15 is 13.2 Å². The third-order valence-corrected chi connectivity index (χ3v) is 22.9. The van der Waals surface area contributed by atoms with Crippen molar-refractivity contribution in [3.8, 4) is 79.4 Å². The fraction of sp³-hybridized carbons (Fsp3) is 0.0100. The SMILES string of the molecule is FC(F)(F)c1ccc(-n2c3ccc(-n4c5ccccc5c5ccccc54)cc3c3cc(-n4c5ccccc5c5ccccc54)ccc32)c(-c2cc(-c3nc(-c4ccccc4)nc(-c4ccccc4)n3)ccc2-n2c3ccc(-n4c5ccccc5c5ccccc54)cc3c3cc(-n4c5ccccc5c5ccccc54)ccc32)c1. The van der Waals surface area contributed by atoms with E-state index in [4.69, 9.17) is 15.0 Å². The minimum atomic E-state index is -4.77. The van der Waals surface area contributed by atoms with E-state index < -0.39 is 11.7 Å². The van der Waals surface area contributed by atoms with E-state index in [-0.39, 0.29) is 0 Å². The number of alkyl halides is 3. The molecule has 16 aromatic carbocycles. The van der Waals surface area contributed by atoms with E-state index in [1.165, 1.54) is 12.1 Å². The number of hydrogen-bond acceptors (Lipinski definition) is 3. The van der Waals surface area contributed by atoms with Crippen LogP contribution in [0.15, 0.2) is 364 Å². The Morgan fingerprint density at radius 3 is 0.714 bits per heavy atom. The summed E-state index contributed by atoms with van der Waals surface area (Å²) in [6.45, 7) is 0. The first-order valence-electron chi connectivity index (χ1n) is 37.6. The quantitative estimate of drug-likeness (QED) is 0.137. The standard InChI is InChI=1S/C100H60F3N9/c101-100(102,103)64-44-50-92(112-95-53-47-67(109-87-39-19-11-31-73(87)74-32-12-20-40-88(74)109)59-81(95)82-60-68(48-54-96(82)112)110-89-41-21-13-33-75(89)76-34-14-22-42-90(76)110)78(56-64)77-55-63(99-105-97(61-23-3-1-4-24-61)104-98(106-99)62-25-5-2-6-26-62)43-49-91(77)111-93-51-45-65(107-83-35-15-7-27-69(83)70-28-8-16-36-84(70)107)57-79(93)80-58-66(46-52-94(80)111)108-85-37-17-9-29-71(85)72-30-10-18-38-86(72)108/h1-60H. The number of benzene rings is 16. The van der Waals surface area contributed by atoms with Crippen molar-refractivity contribution in [1.82, 2.24) is 42.4 Å². The van der Waals surface area contributed by atoms with Crippen molar-refractivity contribution in [3.63, 3.8) is 0 Å². The van der Waals surface area contributed by atoms with Crippen LogP contribution in [-0.2, 0) is 6.18 Å². The van der Waals surface area contributed by atoms with Gasteiger partial charge in [0, 0.05) is 115 Å². The summed E-state index contributed by atoms with van der Waals surface area (Å²) in [5, 5.41) is 12.7. The van der Waals surface area contributed by atoms with Gasteiger partial charge in [0.25, 0.3) is 0 Å². The monoisotopic (exact) mass is 1440 g/mol. The number of para-hydroxylation sites is 8. The lowest BCUT2D eigenvalue weighted by Crippen LogP contribution is -2.08. The molecule has 9 nitrogen and oxygen atoms in total. The largest absolute Gasteiger partial charge is 0.416 e. The average molecular weight is 1440 g/mol. The lowest BCUT2D eigenvalue weighted by Gasteiger charge is -2.21. The molecule has 0 fully saturated rings. The lowest BCUT2D eigenvalue weighted by molar-refractivity contribution is -0.137. The lowest BCUT2D eigenvalue weighted by atomic mass is 9.96. The molecule has 23 aromatic rings. The van der Waals surface area contributed by atoms with Crippen LogP contribution in [-0.4, -0.2) is 42.4 Å². The molecule has 526 valence electrons. The minimum absolute atomic E-state index is 0.322. The van der Waals surface area contributed by atoms with Gasteiger partial charge in [-0.25, -0.2) is 15.0 Å². The summed E-state index contributed by atoms with van der Waals surface area (Å²) in [6, 6.07) is 124. The molecule has 0 amide bonds. The van der Waals surface area contributed by atoms with E-state index in [0.29, 0.717) is 45.5 Å². The van der Waals surface area contributed by atoms with Gasteiger partial charge in [0.2, 0.25) is 0 Å². The highest BCUT2D eigenvalue weighted by Crippen LogP contribution is 2.48. The summed E-state index contributed by atoms with van der Waals surface area (Å²) in [7, 11) is 0. The second-order valence-corrected chi connectivity index (χ2v) is 29.0. The van der Waals surface area contributed by atoms with Crippen LogP contribution >= 0.6 is 0 Å². The zero-order chi connectivity index (χ0) is 74.0. The third kappa shape index (κ3) is 9.54. The molecule has 0 bridgehead atoms. The van der Waals surface area contributed by atoms with Crippen LogP contribution in [0.1, 0.15) is 5.56 Å². The third-order valence-electron chi connectivity index (χ3n) is 22.9. The molecule has 0 atom stereocenters. The molecule has 0 N–H and O–H groups in total. The molecule has 0 unspecified atom stereocenters. The van der Waals surface area contributed by atoms with Crippen LogP contribution in [0, 0.1) is 0 Å². The predicted molar refractivity (Wildman–Crippen MR) is 453 cm³/mol. The molecular weight excluding hydrogens is 1380 g/mol. The van der Waals surface area contributed by atoms with Gasteiger partial charge in [-0.05, 0) is 158 Å². The fourth-order valence-electron chi connectivity index (χ4n) is 18.0. The number of rotatable bonds is 10. The molecule has 7 aromatic heterocycles. The van der Waals surface area contributed by atoms with Crippen LogP contribution in [0.5, 0.6) is 0 Å². The van der Waals surface area contributed by atoms with Gasteiger partial charge in [0.1, 0.15) is 0 Å². The first-order valence-corrected chi connectivity index (χ1v) is 37.6. The van der Waals surface area contributed by atoms with Crippen molar-refractivity contribution >= 4 is 131 Å². The Kier molecular flexibility index (Phi) is 13.7. The van der Waals surface area contributed by atoms with E-state index in [9.17, 15) is 0 Å². The van der Waals surface area contributed by atoms with Gasteiger partial charge in [-0.3, -0.25) is 0 Å². The molecule has 23 rings (SSSR count). The van der Waals surface area contributed by atoms with Crippen LogP contribution in [0.25, 0.3) is 210 Å².